The van der Waals surface area contributed by atoms with Gasteiger partial charge in [-0.15, -0.1) is 0 Å². The van der Waals surface area contributed by atoms with Crippen molar-refractivity contribution in [2.24, 2.45) is 5.92 Å². The van der Waals surface area contributed by atoms with Crippen molar-refractivity contribution in [3.63, 3.8) is 0 Å². The van der Waals surface area contributed by atoms with Crippen LogP contribution in [0.4, 0.5) is 23.2 Å². The number of piperidine rings is 1. The standard InChI is InChI=1S/C14H19F4N3/c1-8-4-3-5-21(7-8)9(2)6-19-12-10(15)13(17)20-14(18)11(12)16/h8-9H,3-7H2,1-2H3,(H,19,20). The lowest BCUT2D eigenvalue weighted by atomic mass is 9.99. The van der Waals surface area contributed by atoms with Crippen molar-refractivity contribution in [3.05, 3.63) is 23.5 Å². The number of nitrogens with one attached hydrogen (secondary N) is 1. The largest absolute Gasteiger partial charge is 0.378 e. The van der Waals surface area contributed by atoms with E-state index in [0.717, 1.165) is 19.5 Å². The smallest absolute Gasteiger partial charge is 0.253 e. The van der Waals surface area contributed by atoms with Gasteiger partial charge in [-0.1, -0.05) is 6.92 Å². The van der Waals surface area contributed by atoms with Crippen LogP contribution in [0.3, 0.4) is 0 Å². The minimum absolute atomic E-state index is 0.00541. The average molecular weight is 305 g/mol. The number of halogens is 4. The van der Waals surface area contributed by atoms with Crippen LogP contribution < -0.4 is 5.32 Å². The molecule has 2 atom stereocenters. The van der Waals surface area contributed by atoms with Gasteiger partial charge < -0.3 is 5.32 Å². The SMILES string of the molecule is CC1CCCN(C(C)CNc2c(F)c(F)nc(F)c2F)C1. The zero-order chi connectivity index (χ0) is 15.6. The van der Waals surface area contributed by atoms with Gasteiger partial charge in [-0.25, -0.2) is 0 Å². The summed E-state index contributed by atoms with van der Waals surface area (Å²) in [6, 6.07) is 0.00541. The van der Waals surface area contributed by atoms with Crippen molar-refractivity contribution in [2.75, 3.05) is 25.0 Å². The number of pyridine rings is 1. The lowest BCUT2D eigenvalue weighted by Gasteiger charge is -2.35. The molecule has 1 aromatic heterocycles. The molecule has 2 rings (SSSR count). The number of hydrogen-bond acceptors (Lipinski definition) is 3. The summed E-state index contributed by atoms with van der Waals surface area (Å²) >= 11 is 0. The molecule has 1 aromatic rings. The maximum atomic E-state index is 13.5. The Morgan fingerprint density at radius 2 is 1.86 bits per heavy atom. The van der Waals surface area contributed by atoms with Gasteiger partial charge in [0.1, 0.15) is 5.69 Å². The summed E-state index contributed by atoms with van der Waals surface area (Å²) in [5.74, 6) is -5.70. The van der Waals surface area contributed by atoms with Gasteiger partial charge in [0, 0.05) is 19.1 Å². The molecule has 1 saturated heterocycles. The van der Waals surface area contributed by atoms with Crippen LogP contribution in [-0.4, -0.2) is 35.6 Å². The monoisotopic (exact) mass is 305 g/mol. The predicted molar refractivity (Wildman–Crippen MR) is 72.0 cm³/mol. The lowest BCUT2D eigenvalue weighted by Crippen LogP contribution is -2.43. The number of rotatable bonds is 4. The molecule has 118 valence electrons. The van der Waals surface area contributed by atoms with Crippen LogP contribution in [-0.2, 0) is 0 Å². The summed E-state index contributed by atoms with van der Waals surface area (Å²) < 4.78 is 53.0. The second-order valence-electron chi connectivity index (χ2n) is 5.67. The minimum atomic E-state index is -1.64. The Balaban J connectivity index is 2.03. The fourth-order valence-electron chi connectivity index (χ4n) is 2.65. The summed E-state index contributed by atoms with van der Waals surface area (Å²) in [5.41, 5.74) is -0.795. The minimum Gasteiger partial charge on any atom is -0.378 e. The van der Waals surface area contributed by atoms with E-state index in [1.807, 2.05) is 6.92 Å². The summed E-state index contributed by atoms with van der Waals surface area (Å²) in [6.45, 7) is 6.08. The molecule has 0 aliphatic carbocycles. The van der Waals surface area contributed by atoms with E-state index in [9.17, 15) is 17.6 Å². The van der Waals surface area contributed by atoms with Crippen molar-refractivity contribution in [1.82, 2.24) is 9.88 Å². The normalized spacial score (nSPS) is 21.3. The van der Waals surface area contributed by atoms with Gasteiger partial charge in [0.2, 0.25) is 11.6 Å². The fraction of sp³-hybridized carbons (Fsp3) is 0.643. The first kappa shape index (κ1) is 16.0. The molecule has 1 N–H and O–H groups in total. The van der Waals surface area contributed by atoms with Gasteiger partial charge >= 0.3 is 0 Å². The van der Waals surface area contributed by atoms with Crippen molar-refractivity contribution < 1.29 is 17.6 Å². The van der Waals surface area contributed by atoms with Crippen LogP contribution in [0.25, 0.3) is 0 Å². The van der Waals surface area contributed by atoms with E-state index in [0.29, 0.717) is 5.92 Å². The molecule has 1 fully saturated rings. The number of likely N-dealkylation sites (tertiary alicyclic amines) is 1. The molecule has 2 unspecified atom stereocenters. The van der Waals surface area contributed by atoms with Crippen LogP contribution in [0.15, 0.2) is 0 Å². The first-order valence-electron chi connectivity index (χ1n) is 7.08. The highest BCUT2D eigenvalue weighted by molar-refractivity contribution is 5.45. The van der Waals surface area contributed by atoms with Gasteiger partial charge in [0.05, 0.1) is 0 Å². The Morgan fingerprint density at radius 1 is 1.24 bits per heavy atom. The number of hydrogen-bond donors (Lipinski definition) is 1. The maximum absolute atomic E-state index is 13.5. The van der Waals surface area contributed by atoms with Crippen LogP contribution in [0.1, 0.15) is 26.7 Å². The van der Waals surface area contributed by atoms with E-state index in [1.54, 1.807) is 0 Å². The van der Waals surface area contributed by atoms with Crippen molar-refractivity contribution >= 4 is 5.69 Å². The van der Waals surface area contributed by atoms with Crippen LogP contribution in [0, 0.1) is 29.4 Å². The first-order valence-corrected chi connectivity index (χ1v) is 7.08. The van der Waals surface area contributed by atoms with E-state index in [-0.39, 0.29) is 12.6 Å². The molecular weight excluding hydrogens is 286 g/mol. The quantitative estimate of drug-likeness (QED) is 0.684. The molecule has 0 saturated carbocycles. The second-order valence-corrected chi connectivity index (χ2v) is 5.67. The van der Waals surface area contributed by atoms with Gasteiger partial charge in [0.25, 0.3) is 11.9 Å². The van der Waals surface area contributed by atoms with Gasteiger partial charge in [-0.3, -0.25) is 4.90 Å². The summed E-state index contributed by atoms with van der Waals surface area (Å²) in [7, 11) is 0. The van der Waals surface area contributed by atoms with Gasteiger partial charge in [0.15, 0.2) is 0 Å². The Hall–Kier alpha value is -1.37. The van der Waals surface area contributed by atoms with Crippen LogP contribution >= 0.6 is 0 Å². The lowest BCUT2D eigenvalue weighted by molar-refractivity contribution is 0.144. The molecule has 0 radical (unpaired) electrons. The molecule has 0 bridgehead atoms. The molecule has 2 heterocycles. The third kappa shape index (κ3) is 3.64. The highest BCUT2D eigenvalue weighted by atomic mass is 19.2. The van der Waals surface area contributed by atoms with Gasteiger partial charge in [-0.05, 0) is 32.2 Å². The molecule has 3 nitrogen and oxygen atoms in total. The fourth-order valence-corrected chi connectivity index (χ4v) is 2.65. The van der Waals surface area contributed by atoms with Crippen LogP contribution in [0.2, 0.25) is 0 Å². The van der Waals surface area contributed by atoms with E-state index in [4.69, 9.17) is 0 Å². The van der Waals surface area contributed by atoms with Crippen molar-refractivity contribution in [1.29, 1.82) is 0 Å². The van der Waals surface area contributed by atoms with Gasteiger partial charge in [-0.2, -0.15) is 22.5 Å². The highest BCUT2D eigenvalue weighted by Gasteiger charge is 2.24. The summed E-state index contributed by atoms with van der Waals surface area (Å²) in [6.07, 6.45) is 2.24. The Morgan fingerprint density at radius 3 is 2.43 bits per heavy atom. The second kappa shape index (κ2) is 6.60. The molecule has 1 aliphatic heterocycles. The molecule has 21 heavy (non-hydrogen) atoms. The number of aromatic nitrogens is 1. The zero-order valence-corrected chi connectivity index (χ0v) is 12.1. The molecule has 0 amide bonds. The molecular formula is C14H19F4N3. The maximum Gasteiger partial charge on any atom is 0.253 e. The zero-order valence-electron chi connectivity index (χ0n) is 12.1. The van der Waals surface area contributed by atoms with Crippen molar-refractivity contribution in [3.8, 4) is 0 Å². The third-order valence-electron chi connectivity index (χ3n) is 3.88. The number of anilines is 1. The molecule has 0 spiro atoms. The molecule has 0 aromatic carbocycles. The number of nitrogens with zero attached hydrogens (tertiary/aromatic N) is 2. The topological polar surface area (TPSA) is 28.2 Å². The summed E-state index contributed by atoms with van der Waals surface area (Å²) in [4.78, 5) is 4.73. The van der Waals surface area contributed by atoms with Crippen molar-refractivity contribution in [2.45, 2.75) is 32.7 Å². The highest BCUT2D eigenvalue weighted by Crippen LogP contribution is 2.23. The Labute approximate surface area is 121 Å². The Bertz CT molecular complexity index is 483. The van der Waals surface area contributed by atoms with E-state index in [2.05, 4.69) is 22.1 Å². The van der Waals surface area contributed by atoms with E-state index < -0.39 is 29.2 Å². The third-order valence-corrected chi connectivity index (χ3v) is 3.88. The van der Waals surface area contributed by atoms with E-state index in [1.165, 1.54) is 6.42 Å². The van der Waals surface area contributed by atoms with Crippen LogP contribution in [0.5, 0.6) is 0 Å². The van der Waals surface area contributed by atoms with E-state index >= 15 is 0 Å². The Kier molecular flexibility index (Phi) is 5.03. The molecule has 1 aliphatic rings. The predicted octanol–water partition coefficient (Wildman–Crippen LogP) is 3.17. The first-order chi connectivity index (χ1) is 9.90. The molecule has 7 heteroatoms. The summed E-state index contributed by atoms with van der Waals surface area (Å²) in [5, 5.41) is 2.46. The average Bonchev–Trinajstić information content (AvgIpc) is 2.45.